The first kappa shape index (κ1) is 36.6. The van der Waals surface area contributed by atoms with Crippen LogP contribution in [-0.4, -0.2) is 62.4 Å². The monoisotopic (exact) mass is 775 g/mol. The van der Waals surface area contributed by atoms with Crippen LogP contribution in [0.15, 0.2) is 52.4 Å². The average Bonchev–Trinajstić information content (AvgIpc) is 3.52. The Hall–Kier alpha value is -3.66. The van der Waals surface area contributed by atoms with Gasteiger partial charge in [0.1, 0.15) is 16.3 Å². The molecule has 3 atom stereocenters. The van der Waals surface area contributed by atoms with Gasteiger partial charge in [0.25, 0.3) is 11.8 Å². The molecule has 264 valence electrons. The van der Waals surface area contributed by atoms with E-state index in [9.17, 15) is 41.0 Å². The number of hydrogen-bond acceptors (Lipinski definition) is 6. The Bertz CT molecular complexity index is 1720. The number of alkyl halides is 6. The molecule has 1 unspecified atom stereocenters. The van der Waals surface area contributed by atoms with Crippen molar-refractivity contribution in [2.45, 2.75) is 81.9 Å². The number of aromatic nitrogens is 1. The molecule has 1 aromatic carbocycles. The number of carbonyl (C=O) groups is 3. The minimum atomic E-state index is -4.92. The minimum Gasteiger partial charge on any atom is -0.481 e. The number of carbonyl (C=O) groups excluding carboxylic acids is 2. The molecule has 2 aliphatic heterocycles. The predicted octanol–water partition coefficient (Wildman–Crippen LogP) is 8.16. The maximum absolute atomic E-state index is 15.1. The summed E-state index contributed by atoms with van der Waals surface area (Å²) in [5.41, 5.74) is -2.61. The van der Waals surface area contributed by atoms with Crippen LogP contribution < -0.4 is 4.74 Å². The number of nitrogens with zero attached hydrogens (tertiary/aromatic N) is 3. The molecule has 8 nitrogen and oxygen atoms in total. The molecule has 0 radical (unpaired) electrons. The fraction of sp³-hybridized carbons (Fsp3) is 0.455. The van der Waals surface area contributed by atoms with Crippen molar-refractivity contribution >= 4 is 45.1 Å². The Morgan fingerprint density at radius 1 is 1.06 bits per heavy atom. The molecule has 0 spiro atoms. The topological polar surface area (TPSA) is 100 Å². The third kappa shape index (κ3) is 7.59. The first-order valence-electron chi connectivity index (χ1n) is 15.6. The van der Waals surface area contributed by atoms with Crippen molar-refractivity contribution in [2.75, 3.05) is 13.1 Å². The normalized spacial score (nSPS) is 21.3. The van der Waals surface area contributed by atoms with Gasteiger partial charge in [0.2, 0.25) is 5.60 Å². The highest BCUT2D eigenvalue weighted by Crippen LogP contribution is 2.45. The number of aliphatic carboxylic acids is 1. The summed E-state index contributed by atoms with van der Waals surface area (Å²) in [6.07, 6.45) is -8.13. The van der Waals surface area contributed by atoms with Crippen molar-refractivity contribution in [3.8, 4) is 5.75 Å². The van der Waals surface area contributed by atoms with E-state index in [1.54, 1.807) is 19.1 Å². The molecule has 0 bridgehead atoms. The quantitative estimate of drug-likeness (QED) is 0.220. The smallest absolute Gasteiger partial charge is 0.425 e. The largest absolute Gasteiger partial charge is 0.481 e. The summed E-state index contributed by atoms with van der Waals surface area (Å²) in [4.78, 5) is 46.2. The van der Waals surface area contributed by atoms with Crippen LogP contribution in [0.1, 0.15) is 83.5 Å². The molecule has 0 aliphatic carbocycles. The van der Waals surface area contributed by atoms with Gasteiger partial charge in [0, 0.05) is 48.0 Å². The third-order valence-corrected chi connectivity index (χ3v) is 10.3. The van der Waals surface area contributed by atoms with Gasteiger partial charge in [-0.2, -0.15) is 26.3 Å². The number of carboxylic acids is 1. The van der Waals surface area contributed by atoms with Gasteiger partial charge >= 0.3 is 18.3 Å². The third-order valence-electron chi connectivity index (χ3n) is 8.87. The molecule has 1 fully saturated rings. The van der Waals surface area contributed by atoms with E-state index in [0.717, 1.165) is 44.7 Å². The summed E-state index contributed by atoms with van der Waals surface area (Å²) in [5, 5.41) is 10.7. The predicted molar refractivity (Wildman–Crippen MR) is 170 cm³/mol. The van der Waals surface area contributed by atoms with Crippen LogP contribution in [0.4, 0.5) is 26.3 Å². The number of pyridine rings is 1. The lowest BCUT2D eigenvalue weighted by molar-refractivity contribution is -0.163. The number of rotatable bonds is 9. The highest BCUT2D eigenvalue weighted by molar-refractivity contribution is 9.10. The average molecular weight is 777 g/mol. The number of likely N-dealkylation sites (tertiary alicyclic amines) is 1. The zero-order valence-electron chi connectivity index (χ0n) is 26.1. The summed E-state index contributed by atoms with van der Waals surface area (Å²) in [7, 11) is 0. The number of hydrogen-bond donors (Lipinski definition) is 1. The van der Waals surface area contributed by atoms with E-state index in [1.165, 1.54) is 4.90 Å². The lowest BCUT2D eigenvalue weighted by Crippen LogP contribution is -2.68. The first-order valence-corrected chi connectivity index (χ1v) is 17.2. The van der Waals surface area contributed by atoms with E-state index < -0.39 is 64.0 Å². The van der Waals surface area contributed by atoms with E-state index in [0.29, 0.717) is 29.7 Å². The zero-order chi connectivity index (χ0) is 35.7. The molecular formula is C33H32BrF6N3O5S. The Labute approximate surface area is 290 Å². The Morgan fingerprint density at radius 3 is 2.47 bits per heavy atom. The second-order valence-corrected chi connectivity index (χ2v) is 13.8. The summed E-state index contributed by atoms with van der Waals surface area (Å²) in [6, 6.07) is 5.95. The molecule has 2 aliphatic rings. The number of piperidine rings is 1. The molecular weight excluding hydrogens is 744 g/mol. The second kappa shape index (κ2) is 14.3. The highest BCUT2D eigenvalue weighted by atomic mass is 79.9. The van der Waals surface area contributed by atoms with Crippen LogP contribution in [0.5, 0.6) is 5.75 Å². The van der Waals surface area contributed by atoms with Crippen LogP contribution in [0, 0.1) is 0 Å². The van der Waals surface area contributed by atoms with E-state index in [4.69, 9.17) is 4.74 Å². The number of fused-ring (bicyclic) bond motifs is 1. The molecule has 5 rings (SSSR count). The van der Waals surface area contributed by atoms with Crippen LogP contribution in [-0.2, 0) is 28.4 Å². The molecule has 2 aromatic heterocycles. The number of amides is 2. The van der Waals surface area contributed by atoms with Crippen molar-refractivity contribution in [3.63, 3.8) is 0 Å². The van der Waals surface area contributed by atoms with Crippen LogP contribution in [0.3, 0.4) is 0 Å². The SMILES string of the molecule is CCC[C@H]1N(C(=O)c2ncccc2C(F)(F)F)CCC[C@]1(Oc1csc(C(F)(F)F)c1)C(=O)N1CCc2cc(Br)ccc2C1CCC(=O)O. The van der Waals surface area contributed by atoms with Gasteiger partial charge in [-0.3, -0.25) is 19.4 Å². The lowest BCUT2D eigenvalue weighted by atomic mass is 9.78. The van der Waals surface area contributed by atoms with Gasteiger partial charge < -0.3 is 19.6 Å². The van der Waals surface area contributed by atoms with Gasteiger partial charge in [0.05, 0.1) is 17.6 Å². The van der Waals surface area contributed by atoms with Crippen LogP contribution in [0.25, 0.3) is 0 Å². The molecule has 1 N–H and O–H groups in total. The number of halogens is 7. The van der Waals surface area contributed by atoms with Crippen molar-refractivity contribution in [1.82, 2.24) is 14.8 Å². The van der Waals surface area contributed by atoms with E-state index in [2.05, 4.69) is 20.9 Å². The second-order valence-electron chi connectivity index (χ2n) is 12.0. The number of carboxylic acid groups (broad SMARTS) is 1. The molecule has 2 amide bonds. The zero-order valence-corrected chi connectivity index (χ0v) is 28.5. The summed E-state index contributed by atoms with van der Waals surface area (Å²) < 4.78 is 90.2. The van der Waals surface area contributed by atoms with Crippen LogP contribution in [0.2, 0.25) is 0 Å². The van der Waals surface area contributed by atoms with Crippen molar-refractivity contribution in [1.29, 1.82) is 0 Å². The van der Waals surface area contributed by atoms with E-state index in [-0.39, 0.29) is 50.9 Å². The van der Waals surface area contributed by atoms with Gasteiger partial charge in [-0.1, -0.05) is 35.3 Å². The maximum Gasteiger partial charge on any atom is 0.425 e. The molecule has 0 saturated carbocycles. The van der Waals surface area contributed by atoms with E-state index in [1.807, 2.05) is 6.07 Å². The van der Waals surface area contributed by atoms with Gasteiger partial charge in [-0.05, 0) is 61.1 Å². The van der Waals surface area contributed by atoms with Crippen molar-refractivity contribution in [2.24, 2.45) is 0 Å². The Balaban J connectivity index is 1.65. The van der Waals surface area contributed by atoms with Gasteiger partial charge in [0.15, 0.2) is 0 Å². The lowest BCUT2D eigenvalue weighted by Gasteiger charge is -2.51. The van der Waals surface area contributed by atoms with Crippen LogP contribution >= 0.6 is 27.3 Å². The fourth-order valence-corrected chi connectivity index (χ4v) is 7.90. The number of ether oxygens (including phenoxy) is 1. The van der Waals surface area contributed by atoms with Crippen molar-refractivity contribution < 1.29 is 50.6 Å². The first-order chi connectivity index (χ1) is 23.1. The highest BCUT2D eigenvalue weighted by Gasteiger charge is 2.57. The standard InChI is InChI=1S/C33H32BrF6N3O5S/c1-2-5-25-31(48-21-17-26(49-18-21)33(38,39)40,12-4-14-43(25)29(46)28-23(32(35,36)37)6-3-13-41-28)30(47)42-15-11-19-16-20(34)7-8-22(19)24(42)9-10-27(44)45/h3,6-8,13,16-18,24-25H,2,4-5,9-12,14-15H2,1H3,(H,44,45)/t24?,25-,31-/m1/s1. The van der Waals surface area contributed by atoms with Crippen molar-refractivity contribution in [3.05, 3.63) is 79.7 Å². The van der Waals surface area contributed by atoms with E-state index >= 15 is 4.79 Å². The summed E-state index contributed by atoms with van der Waals surface area (Å²) in [6.45, 7) is 1.78. The molecule has 16 heteroatoms. The van der Waals surface area contributed by atoms with Gasteiger partial charge in [-0.15, -0.1) is 11.3 Å². The maximum atomic E-state index is 15.1. The van der Waals surface area contributed by atoms with Gasteiger partial charge in [-0.25, -0.2) is 0 Å². The fourth-order valence-electron chi connectivity index (χ4n) is 6.81. The molecule has 1 saturated heterocycles. The number of thiophene rings is 1. The number of benzene rings is 1. The Kier molecular flexibility index (Phi) is 10.7. The molecule has 4 heterocycles. The summed E-state index contributed by atoms with van der Waals surface area (Å²) >= 11 is 3.79. The molecule has 3 aromatic rings. The minimum absolute atomic E-state index is 0.00637. The Morgan fingerprint density at radius 2 is 1.82 bits per heavy atom. The molecule has 49 heavy (non-hydrogen) atoms. The summed E-state index contributed by atoms with van der Waals surface area (Å²) in [5.74, 6) is -3.17.